The second kappa shape index (κ2) is 4.10. The molecule has 2 aliphatic rings. The molecule has 0 atom stereocenters. The first kappa shape index (κ1) is 11.2. The van der Waals surface area contributed by atoms with Crippen molar-refractivity contribution >= 4 is 17.5 Å². The van der Waals surface area contributed by atoms with Gasteiger partial charge in [0, 0.05) is 5.69 Å². The van der Waals surface area contributed by atoms with Crippen molar-refractivity contribution in [2.45, 2.75) is 12.8 Å². The first-order valence-corrected chi connectivity index (χ1v) is 6.00. The summed E-state index contributed by atoms with van der Waals surface area (Å²) in [6.45, 7) is 0.651. The summed E-state index contributed by atoms with van der Waals surface area (Å²) in [6, 6.07) is 4.75. The van der Waals surface area contributed by atoms with Crippen molar-refractivity contribution in [3.63, 3.8) is 0 Å². The van der Waals surface area contributed by atoms with Crippen molar-refractivity contribution in [2.24, 2.45) is 5.92 Å². The van der Waals surface area contributed by atoms with Crippen molar-refractivity contribution in [3.05, 3.63) is 29.3 Å². The molecule has 18 heavy (non-hydrogen) atoms. The average Bonchev–Trinajstić information content (AvgIpc) is 3.13. The summed E-state index contributed by atoms with van der Waals surface area (Å²) in [7, 11) is 0. The first-order valence-electron chi connectivity index (χ1n) is 6.00. The number of anilines is 1. The average molecular weight is 246 g/mol. The summed E-state index contributed by atoms with van der Waals surface area (Å²) >= 11 is 0. The molecule has 0 spiro atoms. The largest absolute Gasteiger partial charge is 0.399 e. The molecule has 1 fully saturated rings. The van der Waals surface area contributed by atoms with Crippen LogP contribution in [0.15, 0.2) is 18.2 Å². The normalized spacial score (nSPS) is 18.3. The number of imide groups is 1. The lowest BCUT2D eigenvalue weighted by Crippen LogP contribution is -2.32. The Morgan fingerprint density at radius 2 is 1.94 bits per heavy atom. The zero-order valence-electron chi connectivity index (χ0n) is 9.89. The minimum atomic E-state index is -0.321. The van der Waals surface area contributed by atoms with Crippen LogP contribution in [0.1, 0.15) is 33.6 Å². The Morgan fingerprint density at radius 1 is 1.22 bits per heavy atom. The van der Waals surface area contributed by atoms with Crippen molar-refractivity contribution in [1.29, 1.82) is 0 Å². The van der Waals surface area contributed by atoms with Gasteiger partial charge in [0.2, 0.25) is 0 Å². The number of carbonyl (C=O) groups is 2. The predicted molar refractivity (Wildman–Crippen MR) is 64.9 cm³/mol. The summed E-state index contributed by atoms with van der Waals surface area (Å²) < 4.78 is 5.40. The van der Waals surface area contributed by atoms with Crippen molar-refractivity contribution in [2.75, 3.05) is 19.1 Å². The Bertz CT molecular complexity index is 523. The number of hydrogen-bond acceptors (Lipinski definition) is 4. The molecule has 1 aromatic carbocycles. The molecular weight excluding hydrogens is 232 g/mol. The molecule has 1 saturated carbocycles. The number of amides is 2. The molecule has 0 aromatic heterocycles. The lowest BCUT2D eigenvalue weighted by atomic mass is 10.1. The van der Waals surface area contributed by atoms with E-state index in [9.17, 15) is 9.59 Å². The molecule has 2 amide bonds. The second-order valence-electron chi connectivity index (χ2n) is 4.79. The zero-order chi connectivity index (χ0) is 12.7. The fourth-order valence-corrected chi connectivity index (χ4v) is 2.02. The second-order valence-corrected chi connectivity index (χ2v) is 4.79. The number of ether oxygens (including phenoxy) is 1. The van der Waals surface area contributed by atoms with Crippen LogP contribution in [0.25, 0.3) is 0 Å². The molecule has 1 aliphatic carbocycles. The minimum Gasteiger partial charge on any atom is -0.399 e. The monoisotopic (exact) mass is 246 g/mol. The lowest BCUT2D eigenvalue weighted by molar-refractivity contribution is 0.0230. The summed E-state index contributed by atoms with van der Waals surface area (Å²) in [6.07, 6.45) is 2.36. The maximum absolute atomic E-state index is 12.0. The molecule has 5 nitrogen and oxygen atoms in total. The van der Waals surface area contributed by atoms with Crippen LogP contribution in [0.4, 0.5) is 5.69 Å². The molecule has 5 heteroatoms. The SMILES string of the molecule is Nc1ccc2c(c1)C(=O)N(COCC1CC1)C2=O. The van der Waals surface area contributed by atoms with Gasteiger partial charge in [0.1, 0.15) is 6.73 Å². The number of nitrogens with zero attached hydrogens (tertiary/aromatic N) is 1. The van der Waals surface area contributed by atoms with Gasteiger partial charge in [-0.2, -0.15) is 0 Å². The van der Waals surface area contributed by atoms with E-state index in [1.807, 2.05) is 0 Å². The van der Waals surface area contributed by atoms with Gasteiger partial charge in [-0.05, 0) is 37.0 Å². The molecule has 0 bridgehead atoms. The third kappa shape index (κ3) is 1.86. The molecule has 94 valence electrons. The van der Waals surface area contributed by atoms with Crippen LogP contribution in [0.2, 0.25) is 0 Å². The molecule has 1 aliphatic heterocycles. The van der Waals surface area contributed by atoms with Gasteiger partial charge in [-0.3, -0.25) is 9.59 Å². The number of nitrogen functional groups attached to an aromatic ring is 1. The van der Waals surface area contributed by atoms with Gasteiger partial charge in [-0.1, -0.05) is 0 Å². The van der Waals surface area contributed by atoms with Crippen molar-refractivity contribution in [3.8, 4) is 0 Å². The molecule has 1 heterocycles. The Morgan fingerprint density at radius 3 is 2.67 bits per heavy atom. The smallest absolute Gasteiger partial charge is 0.263 e. The van der Waals surface area contributed by atoms with Gasteiger partial charge in [-0.15, -0.1) is 0 Å². The molecule has 0 saturated heterocycles. The number of benzene rings is 1. The van der Waals surface area contributed by atoms with Crippen LogP contribution in [-0.4, -0.2) is 30.1 Å². The molecule has 1 aromatic rings. The van der Waals surface area contributed by atoms with Crippen molar-refractivity contribution in [1.82, 2.24) is 4.90 Å². The third-order valence-electron chi connectivity index (χ3n) is 3.27. The number of rotatable bonds is 4. The van der Waals surface area contributed by atoms with Gasteiger partial charge in [0.15, 0.2) is 0 Å². The fraction of sp³-hybridized carbons (Fsp3) is 0.385. The van der Waals surface area contributed by atoms with E-state index in [0.29, 0.717) is 29.3 Å². The van der Waals surface area contributed by atoms with Gasteiger partial charge >= 0.3 is 0 Å². The van der Waals surface area contributed by atoms with E-state index in [4.69, 9.17) is 10.5 Å². The van der Waals surface area contributed by atoms with E-state index in [0.717, 1.165) is 4.90 Å². The Labute approximate surface area is 105 Å². The van der Waals surface area contributed by atoms with Crippen LogP contribution in [-0.2, 0) is 4.74 Å². The fourth-order valence-electron chi connectivity index (χ4n) is 2.02. The highest BCUT2D eigenvalue weighted by molar-refractivity contribution is 6.21. The Kier molecular flexibility index (Phi) is 2.56. The molecular formula is C13H14N2O3. The maximum Gasteiger partial charge on any atom is 0.263 e. The van der Waals surface area contributed by atoms with Gasteiger partial charge in [0.05, 0.1) is 17.7 Å². The van der Waals surface area contributed by atoms with Gasteiger partial charge in [-0.25, -0.2) is 4.90 Å². The van der Waals surface area contributed by atoms with E-state index < -0.39 is 0 Å². The molecule has 3 rings (SSSR count). The molecule has 0 radical (unpaired) electrons. The quantitative estimate of drug-likeness (QED) is 0.641. The highest BCUT2D eigenvalue weighted by Crippen LogP contribution is 2.29. The maximum atomic E-state index is 12.0. The van der Waals surface area contributed by atoms with E-state index in [2.05, 4.69) is 0 Å². The van der Waals surface area contributed by atoms with Crippen LogP contribution in [0.3, 0.4) is 0 Å². The lowest BCUT2D eigenvalue weighted by Gasteiger charge is -2.13. The summed E-state index contributed by atoms with van der Waals surface area (Å²) in [5, 5.41) is 0. The van der Waals surface area contributed by atoms with E-state index in [-0.39, 0.29) is 18.5 Å². The number of hydrogen-bond donors (Lipinski definition) is 1. The highest BCUT2D eigenvalue weighted by Gasteiger charge is 2.35. The van der Waals surface area contributed by atoms with Crippen molar-refractivity contribution < 1.29 is 14.3 Å². The number of nitrogens with two attached hydrogens (primary N) is 1. The summed E-state index contributed by atoms with van der Waals surface area (Å²) in [4.78, 5) is 25.1. The number of fused-ring (bicyclic) bond motifs is 1. The molecule has 2 N–H and O–H groups in total. The van der Waals surface area contributed by atoms with E-state index in [1.165, 1.54) is 18.9 Å². The standard InChI is InChI=1S/C13H14N2O3/c14-9-3-4-10-11(5-9)13(17)15(12(10)16)7-18-6-8-1-2-8/h3-5,8H,1-2,6-7,14H2. The van der Waals surface area contributed by atoms with Crippen LogP contribution in [0.5, 0.6) is 0 Å². The minimum absolute atomic E-state index is 0.0305. The first-order chi connectivity index (χ1) is 8.66. The van der Waals surface area contributed by atoms with Crippen LogP contribution in [0, 0.1) is 5.92 Å². The summed E-state index contributed by atoms with van der Waals surface area (Å²) in [5.74, 6) is -0.0141. The van der Waals surface area contributed by atoms with E-state index >= 15 is 0 Å². The van der Waals surface area contributed by atoms with Crippen LogP contribution < -0.4 is 5.73 Å². The highest BCUT2D eigenvalue weighted by atomic mass is 16.5. The van der Waals surface area contributed by atoms with Gasteiger partial charge < -0.3 is 10.5 Å². The van der Waals surface area contributed by atoms with Gasteiger partial charge in [0.25, 0.3) is 11.8 Å². The number of carbonyl (C=O) groups excluding carboxylic acids is 2. The molecule has 0 unspecified atom stereocenters. The predicted octanol–water partition coefficient (Wildman–Crippen LogP) is 1.25. The topological polar surface area (TPSA) is 72.6 Å². The Hall–Kier alpha value is -1.88. The third-order valence-corrected chi connectivity index (χ3v) is 3.27. The van der Waals surface area contributed by atoms with E-state index in [1.54, 1.807) is 12.1 Å². The summed E-state index contributed by atoms with van der Waals surface area (Å²) in [5.41, 5.74) is 6.88. The van der Waals surface area contributed by atoms with Crippen LogP contribution >= 0.6 is 0 Å². The Balaban J connectivity index is 1.74. The zero-order valence-corrected chi connectivity index (χ0v) is 9.89.